The van der Waals surface area contributed by atoms with E-state index in [1.165, 1.54) is 6.07 Å². The fourth-order valence-electron chi connectivity index (χ4n) is 2.38. The van der Waals surface area contributed by atoms with Crippen molar-refractivity contribution >= 4 is 5.69 Å². The van der Waals surface area contributed by atoms with Gasteiger partial charge in [0, 0.05) is 18.2 Å². The van der Waals surface area contributed by atoms with Crippen molar-refractivity contribution in [3.8, 4) is 0 Å². The second kappa shape index (κ2) is 3.65. The summed E-state index contributed by atoms with van der Waals surface area (Å²) in [7, 11) is 0. The van der Waals surface area contributed by atoms with E-state index in [-0.39, 0.29) is 17.0 Å². The van der Waals surface area contributed by atoms with Crippen molar-refractivity contribution < 1.29 is 13.2 Å². The van der Waals surface area contributed by atoms with E-state index in [0.717, 1.165) is 11.6 Å². The lowest BCUT2D eigenvalue weighted by Crippen LogP contribution is -2.19. The molecule has 0 aromatic heterocycles. The lowest BCUT2D eigenvalue weighted by atomic mass is 9.77. The summed E-state index contributed by atoms with van der Waals surface area (Å²) in [6.07, 6.45) is -4.29. The first-order valence-corrected chi connectivity index (χ1v) is 5.65. The first-order valence-electron chi connectivity index (χ1n) is 5.65. The lowest BCUT2D eigenvalue weighted by molar-refractivity contribution is -0.136. The average molecular weight is 243 g/mol. The van der Waals surface area contributed by atoms with Gasteiger partial charge in [-0.05, 0) is 17.0 Å². The van der Waals surface area contributed by atoms with E-state index >= 15 is 0 Å². The summed E-state index contributed by atoms with van der Waals surface area (Å²) in [5.41, 5.74) is 0.455. The minimum absolute atomic E-state index is 0.0392. The second-order valence-corrected chi connectivity index (χ2v) is 5.57. The van der Waals surface area contributed by atoms with Gasteiger partial charge in [-0.25, -0.2) is 0 Å². The molecule has 0 radical (unpaired) electrons. The van der Waals surface area contributed by atoms with Crippen LogP contribution in [0.15, 0.2) is 18.2 Å². The Kier molecular flexibility index (Phi) is 2.64. The molecule has 1 aliphatic heterocycles. The van der Waals surface area contributed by atoms with Crippen molar-refractivity contribution in [1.29, 1.82) is 0 Å². The molecular formula is C13H16F3N. The highest BCUT2D eigenvalue weighted by Crippen LogP contribution is 2.47. The van der Waals surface area contributed by atoms with Gasteiger partial charge in [0.05, 0.1) is 5.56 Å². The Balaban J connectivity index is 2.50. The molecule has 0 fully saturated rings. The third-order valence-electron chi connectivity index (χ3n) is 3.31. The van der Waals surface area contributed by atoms with Gasteiger partial charge < -0.3 is 5.32 Å². The van der Waals surface area contributed by atoms with Crippen molar-refractivity contribution in [2.45, 2.75) is 32.9 Å². The van der Waals surface area contributed by atoms with Gasteiger partial charge in [0.25, 0.3) is 0 Å². The smallest absolute Gasteiger partial charge is 0.384 e. The van der Waals surface area contributed by atoms with Crippen molar-refractivity contribution in [2.75, 3.05) is 11.9 Å². The number of halogens is 3. The zero-order chi connectivity index (χ0) is 12.8. The topological polar surface area (TPSA) is 12.0 Å². The van der Waals surface area contributed by atoms with Crippen molar-refractivity contribution in [3.63, 3.8) is 0 Å². The maximum absolute atomic E-state index is 12.8. The highest BCUT2D eigenvalue weighted by atomic mass is 19.4. The Labute approximate surface area is 99.0 Å². The zero-order valence-corrected chi connectivity index (χ0v) is 10.2. The molecule has 1 atom stereocenters. The van der Waals surface area contributed by atoms with Gasteiger partial charge in [-0.15, -0.1) is 0 Å². The number of nitrogens with one attached hydrogen (secondary N) is 1. The number of rotatable bonds is 0. The molecule has 17 heavy (non-hydrogen) atoms. The van der Waals surface area contributed by atoms with E-state index in [9.17, 15) is 13.2 Å². The Hall–Kier alpha value is -1.19. The first-order chi connectivity index (χ1) is 7.71. The fraction of sp³-hybridized carbons (Fsp3) is 0.538. The standard InChI is InChI=1S/C13H16F3N/c1-12(2,3)10-7-17-11-8(10)5-4-6-9(11)13(14,15)16/h4-6,10,17H,7H2,1-3H3. The van der Waals surface area contributed by atoms with E-state index < -0.39 is 11.7 Å². The average Bonchev–Trinajstić information content (AvgIpc) is 2.57. The van der Waals surface area contributed by atoms with Gasteiger partial charge in [-0.2, -0.15) is 13.2 Å². The van der Waals surface area contributed by atoms with Gasteiger partial charge in [-0.3, -0.25) is 0 Å². The van der Waals surface area contributed by atoms with Crippen LogP contribution in [0.2, 0.25) is 0 Å². The molecule has 1 aliphatic rings. The van der Waals surface area contributed by atoms with Crippen LogP contribution in [0.5, 0.6) is 0 Å². The van der Waals surface area contributed by atoms with Gasteiger partial charge in [0.1, 0.15) is 0 Å². The van der Waals surface area contributed by atoms with Crippen LogP contribution < -0.4 is 5.32 Å². The molecule has 1 heterocycles. The summed E-state index contributed by atoms with van der Waals surface area (Å²) in [6.45, 7) is 6.73. The number of alkyl halides is 3. The molecule has 1 aromatic rings. The predicted molar refractivity (Wildman–Crippen MR) is 62.1 cm³/mol. The summed E-state index contributed by atoms with van der Waals surface area (Å²) in [5, 5.41) is 2.91. The lowest BCUT2D eigenvalue weighted by Gasteiger charge is -2.26. The molecule has 4 heteroatoms. The Morgan fingerprint density at radius 1 is 1.18 bits per heavy atom. The Morgan fingerprint density at radius 3 is 2.35 bits per heavy atom. The van der Waals surface area contributed by atoms with E-state index in [1.54, 1.807) is 6.07 Å². The summed E-state index contributed by atoms with van der Waals surface area (Å²) >= 11 is 0. The van der Waals surface area contributed by atoms with Crippen LogP contribution in [0.25, 0.3) is 0 Å². The summed E-state index contributed by atoms with van der Waals surface area (Å²) in [6, 6.07) is 4.42. The first kappa shape index (κ1) is 12.3. The van der Waals surface area contributed by atoms with Crippen molar-refractivity contribution in [3.05, 3.63) is 29.3 Å². The van der Waals surface area contributed by atoms with Crippen LogP contribution in [0, 0.1) is 5.41 Å². The highest BCUT2D eigenvalue weighted by molar-refractivity contribution is 5.64. The third-order valence-corrected chi connectivity index (χ3v) is 3.31. The molecule has 1 N–H and O–H groups in total. The molecule has 0 saturated heterocycles. The monoisotopic (exact) mass is 243 g/mol. The predicted octanol–water partition coefficient (Wildman–Crippen LogP) is 4.26. The molecule has 2 rings (SSSR count). The molecule has 0 spiro atoms. The fourth-order valence-corrected chi connectivity index (χ4v) is 2.38. The van der Waals surface area contributed by atoms with E-state index in [4.69, 9.17) is 0 Å². The maximum atomic E-state index is 12.8. The van der Waals surface area contributed by atoms with Crippen LogP contribution in [0.4, 0.5) is 18.9 Å². The van der Waals surface area contributed by atoms with Crippen molar-refractivity contribution in [2.24, 2.45) is 5.41 Å². The van der Waals surface area contributed by atoms with Crippen LogP contribution in [-0.2, 0) is 6.18 Å². The van der Waals surface area contributed by atoms with Crippen LogP contribution >= 0.6 is 0 Å². The molecular weight excluding hydrogens is 227 g/mol. The SMILES string of the molecule is CC(C)(C)C1CNc2c1cccc2C(F)(F)F. The molecule has 94 valence electrons. The van der Waals surface area contributed by atoms with Crippen LogP contribution in [-0.4, -0.2) is 6.54 Å². The number of anilines is 1. The van der Waals surface area contributed by atoms with Gasteiger partial charge in [0.15, 0.2) is 0 Å². The Bertz CT molecular complexity index is 429. The number of hydrogen-bond donors (Lipinski definition) is 1. The van der Waals surface area contributed by atoms with Gasteiger partial charge >= 0.3 is 6.18 Å². The quantitative estimate of drug-likeness (QED) is 0.717. The number of fused-ring (bicyclic) bond motifs is 1. The molecule has 0 amide bonds. The van der Waals surface area contributed by atoms with E-state index in [0.29, 0.717) is 6.54 Å². The van der Waals surface area contributed by atoms with Crippen LogP contribution in [0.1, 0.15) is 37.8 Å². The molecule has 1 aromatic carbocycles. The number of para-hydroxylation sites is 1. The van der Waals surface area contributed by atoms with Crippen LogP contribution in [0.3, 0.4) is 0 Å². The van der Waals surface area contributed by atoms with Gasteiger partial charge in [0.2, 0.25) is 0 Å². The molecule has 0 bridgehead atoms. The number of benzene rings is 1. The highest BCUT2D eigenvalue weighted by Gasteiger charge is 2.39. The molecule has 1 nitrogen and oxygen atoms in total. The van der Waals surface area contributed by atoms with Gasteiger partial charge in [-0.1, -0.05) is 32.9 Å². The molecule has 0 saturated carbocycles. The third kappa shape index (κ3) is 2.13. The van der Waals surface area contributed by atoms with E-state index in [2.05, 4.69) is 26.1 Å². The Morgan fingerprint density at radius 2 is 1.82 bits per heavy atom. The number of hydrogen-bond acceptors (Lipinski definition) is 1. The summed E-state index contributed by atoms with van der Waals surface area (Å²) < 4.78 is 38.5. The second-order valence-electron chi connectivity index (χ2n) is 5.57. The summed E-state index contributed by atoms with van der Waals surface area (Å²) in [4.78, 5) is 0. The maximum Gasteiger partial charge on any atom is 0.418 e. The largest absolute Gasteiger partial charge is 0.418 e. The normalized spacial score (nSPS) is 20.0. The summed E-state index contributed by atoms with van der Waals surface area (Å²) in [5.74, 6) is 0.125. The molecule has 1 unspecified atom stereocenters. The minimum Gasteiger partial charge on any atom is -0.384 e. The molecule has 0 aliphatic carbocycles. The minimum atomic E-state index is -4.29. The van der Waals surface area contributed by atoms with Crippen molar-refractivity contribution in [1.82, 2.24) is 0 Å². The van der Waals surface area contributed by atoms with E-state index in [1.807, 2.05) is 0 Å². The zero-order valence-electron chi connectivity index (χ0n) is 10.2.